The van der Waals surface area contributed by atoms with Crippen molar-refractivity contribution in [1.29, 1.82) is 5.26 Å². The molecule has 0 saturated carbocycles. The summed E-state index contributed by atoms with van der Waals surface area (Å²) >= 11 is 2.31. The summed E-state index contributed by atoms with van der Waals surface area (Å²) in [5, 5.41) is 12.6. The number of aryl methyl sites for hydroxylation is 4. The first-order chi connectivity index (χ1) is 16.2. The van der Waals surface area contributed by atoms with E-state index in [0.717, 1.165) is 38.0 Å². The fraction of sp³-hybridized carbons (Fsp3) is 0.241. The topological polar surface area (TPSA) is 62.1 Å². The van der Waals surface area contributed by atoms with Crippen molar-refractivity contribution in [3.05, 3.63) is 96.6 Å². The maximum atomic E-state index is 12.8. The van der Waals surface area contributed by atoms with Crippen molar-refractivity contribution in [3.63, 3.8) is 0 Å². The molecule has 4 nitrogen and oxygen atoms in total. The van der Waals surface area contributed by atoms with Crippen LogP contribution in [0.5, 0.6) is 5.75 Å². The first kappa shape index (κ1) is 25.5. The lowest BCUT2D eigenvalue weighted by Crippen LogP contribution is -2.14. The minimum atomic E-state index is -0.427. The van der Waals surface area contributed by atoms with Gasteiger partial charge in [0.2, 0.25) is 0 Å². The fourth-order valence-corrected chi connectivity index (χ4v) is 4.74. The van der Waals surface area contributed by atoms with Crippen LogP contribution in [-0.2, 0) is 11.2 Å². The van der Waals surface area contributed by atoms with Gasteiger partial charge in [0.1, 0.15) is 17.4 Å². The van der Waals surface area contributed by atoms with Crippen LogP contribution >= 0.6 is 22.6 Å². The van der Waals surface area contributed by atoms with Gasteiger partial charge >= 0.3 is 0 Å². The van der Waals surface area contributed by atoms with Crippen LogP contribution in [0.4, 0.5) is 5.69 Å². The lowest BCUT2D eigenvalue weighted by Gasteiger charge is -2.15. The molecule has 3 rings (SSSR count). The Kier molecular flexibility index (Phi) is 8.51. The number of rotatable bonds is 7. The zero-order valence-corrected chi connectivity index (χ0v) is 22.4. The van der Waals surface area contributed by atoms with Crippen molar-refractivity contribution in [2.24, 2.45) is 0 Å². The number of amides is 1. The molecule has 0 aliphatic heterocycles. The second kappa shape index (κ2) is 11.3. The number of benzene rings is 3. The SMILES string of the molecule is CCOc1cc(/C=C(\C#N)C(=O)Nc2cc(C)ccc2C)cc(I)c1Cc1cc(C)cc(C)c1. The normalized spacial score (nSPS) is 11.1. The number of carbonyl (C=O) groups is 1. The Labute approximate surface area is 215 Å². The molecule has 0 fully saturated rings. The van der Waals surface area contributed by atoms with Gasteiger partial charge in [-0.1, -0.05) is 41.5 Å². The van der Waals surface area contributed by atoms with E-state index in [2.05, 4.69) is 60.0 Å². The van der Waals surface area contributed by atoms with E-state index in [1.807, 2.05) is 57.2 Å². The van der Waals surface area contributed by atoms with E-state index < -0.39 is 5.91 Å². The summed E-state index contributed by atoms with van der Waals surface area (Å²) in [6.45, 7) is 10.6. The lowest BCUT2D eigenvalue weighted by atomic mass is 9.98. The van der Waals surface area contributed by atoms with Crippen LogP contribution in [0.3, 0.4) is 0 Å². The van der Waals surface area contributed by atoms with E-state index >= 15 is 0 Å². The highest BCUT2D eigenvalue weighted by Crippen LogP contribution is 2.30. The van der Waals surface area contributed by atoms with Gasteiger partial charge in [0.15, 0.2) is 0 Å². The monoisotopic (exact) mass is 564 g/mol. The Morgan fingerprint density at radius 2 is 1.74 bits per heavy atom. The van der Waals surface area contributed by atoms with Gasteiger partial charge in [0.05, 0.1) is 6.61 Å². The number of nitrogens with zero attached hydrogens (tertiary/aromatic N) is 1. The van der Waals surface area contributed by atoms with E-state index in [1.54, 1.807) is 6.08 Å². The second-order valence-corrected chi connectivity index (χ2v) is 9.69. The summed E-state index contributed by atoms with van der Waals surface area (Å²) < 4.78 is 7.00. The minimum absolute atomic E-state index is 0.0428. The number of hydrogen-bond donors (Lipinski definition) is 1. The molecule has 3 aromatic rings. The molecule has 5 heteroatoms. The van der Waals surface area contributed by atoms with Gasteiger partial charge in [-0.05, 0) is 104 Å². The molecule has 174 valence electrons. The number of anilines is 1. The lowest BCUT2D eigenvalue weighted by molar-refractivity contribution is -0.112. The maximum Gasteiger partial charge on any atom is 0.266 e. The maximum absolute atomic E-state index is 12.8. The molecular weight excluding hydrogens is 535 g/mol. The standard InChI is InChI=1S/C29H29IN2O2/c1-6-34-28-16-23(15-26(30)25(28)14-22-10-19(3)9-20(4)11-22)13-24(17-31)29(33)32-27-12-18(2)7-8-21(27)5/h7-13,15-16H,6,14H2,1-5H3,(H,32,33)/b24-13+. The number of halogens is 1. The highest BCUT2D eigenvalue weighted by atomic mass is 127. The van der Waals surface area contributed by atoms with Gasteiger partial charge in [-0.2, -0.15) is 5.26 Å². The van der Waals surface area contributed by atoms with Crippen LogP contribution in [0.15, 0.2) is 54.1 Å². The molecule has 1 N–H and O–H groups in total. The van der Waals surface area contributed by atoms with Gasteiger partial charge in [-0.25, -0.2) is 0 Å². The first-order valence-electron chi connectivity index (χ1n) is 11.2. The molecule has 0 aromatic heterocycles. The summed E-state index contributed by atoms with van der Waals surface area (Å²) in [5.41, 5.74) is 8.28. The molecule has 0 unspecified atom stereocenters. The summed E-state index contributed by atoms with van der Waals surface area (Å²) in [5.74, 6) is 0.343. The Balaban J connectivity index is 1.94. The highest BCUT2D eigenvalue weighted by molar-refractivity contribution is 14.1. The molecule has 0 aliphatic rings. The minimum Gasteiger partial charge on any atom is -0.494 e. The molecule has 1 amide bonds. The van der Waals surface area contributed by atoms with Crippen LogP contribution in [0.25, 0.3) is 6.08 Å². The molecule has 0 saturated heterocycles. The van der Waals surface area contributed by atoms with E-state index in [4.69, 9.17) is 4.74 Å². The largest absolute Gasteiger partial charge is 0.494 e. The van der Waals surface area contributed by atoms with Crippen molar-refractivity contribution < 1.29 is 9.53 Å². The van der Waals surface area contributed by atoms with Gasteiger partial charge < -0.3 is 10.1 Å². The van der Waals surface area contributed by atoms with Gasteiger partial charge in [-0.15, -0.1) is 0 Å². The van der Waals surface area contributed by atoms with Crippen LogP contribution in [0.2, 0.25) is 0 Å². The average molecular weight is 564 g/mol. The van der Waals surface area contributed by atoms with Gasteiger partial charge in [-0.3, -0.25) is 4.79 Å². The molecule has 0 spiro atoms. The summed E-state index contributed by atoms with van der Waals surface area (Å²) in [7, 11) is 0. The number of nitrogens with one attached hydrogen (secondary N) is 1. The quantitative estimate of drug-likeness (QED) is 0.190. The summed E-state index contributed by atoms with van der Waals surface area (Å²) in [4.78, 5) is 12.8. The molecule has 0 heterocycles. The highest BCUT2D eigenvalue weighted by Gasteiger charge is 2.15. The first-order valence-corrected chi connectivity index (χ1v) is 12.3. The Hall–Kier alpha value is -3.11. The second-order valence-electron chi connectivity index (χ2n) is 8.53. The number of ether oxygens (including phenoxy) is 1. The van der Waals surface area contributed by atoms with E-state index in [1.165, 1.54) is 16.7 Å². The van der Waals surface area contributed by atoms with E-state index in [0.29, 0.717) is 12.3 Å². The van der Waals surface area contributed by atoms with Crippen LogP contribution in [-0.4, -0.2) is 12.5 Å². The van der Waals surface area contributed by atoms with E-state index in [-0.39, 0.29) is 5.57 Å². The number of nitriles is 1. The van der Waals surface area contributed by atoms with Gasteiger partial charge in [0.25, 0.3) is 5.91 Å². The molecule has 34 heavy (non-hydrogen) atoms. The Bertz CT molecular complexity index is 1280. The molecular formula is C29H29IN2O2. The van der Waals surface area contributed by atoms with Crippen molar-refractivity contribution in [2.45, 2.75) is 41.0 Å². The average Bonchev–Trinajstić information content (AvgIpc) is 2.76. The van der Waals surface area contributed by atoms with Crippen molar-refractivity contribution in [1.82, 2.24) is 0 Å². The third-order valence-corrected chi connectivity index (χ3v) is 6.42. The third kappa shape index (κ3) is 6.48. The third-order valence-electron chi connectivity index (χ3n) is 5.46. The zero-order chi connectivity index (χ0) is 24.8. The smallest absolute Gasteiger partial charge is 0.266 e. The van der Waals surface area contributed by atoms with Crippen LogP contribution in [0.1, 0.15) is 45.9 Å². The van der Waals surface area contributed by atoms with Crippen molar-refractivity contribution in [3.8, 4) is 11.8 Å². The molecule has 0 aliphatic carbocycles. The Morgan fingerprint density at radius 3 is 2.38 bits per heavy atom. The van der Waals surface area contributed by atoms with Crippen LogP contribution in [0, 0.1) is 42.6 Å². The summed E-state index contributed by atoms with van der Waals surface area (Å²) in [6, 6.07) is 18.3. The number of hydrogen-bond acceptors (Lipinski definition) is 3. The van der Waals surface area contributed by atoms with E-state index in [9.17, 15) is 10.1 Å². The molecule has 0 atom stereocenters. The zero-order valence-electron chi connectivity index (χ0n) is 20.3. The van der Waals surface area contributed by atoms with Crippen LogP contribution < -0.4 is 10.1 Å². The van der Waals surface area contributed by atoms with Gasteiger partial charge in [0, 0.05) is 21.2 Å². The van der Waals surface area contributed by atoms with Crippen molar-refractivity contribution in [2.75, 3.05) is 11.9 Å². The Morgan fingerprint density at radius 1 is 1.03 bits per heavy atom. The molecule has 3 aromatic carbocycles. The number of carbonyl (C=O) groups excluding carboxylic acids is 1. The predicted octanol–water partition coefficient (Wildman–Crippen LogP) is 7.06. The fourth-order valence-electron chi connectivity index (χ4n) is 3.92. The predicted molar refractivity (Wildman–Crippen MR) is 147 cm³/mol. The molecule has 0 bridgehead atoms. The molecule has 0 radical (unpaired) electrons. The summed E-state index contributed by atoms with van der Waals surface area (Å²) in [6.07, 6.45) is 2.37. The van der Waals surface area contributed by atoms with Crippen molar-refractivity contribution >= 4 is 40.3 Å².